The molecule has 6 heteroatoms. The van der Waals surface area contributed by atoms with Gasteiger partial charge in [-0.05, 0) is 18.2 Å². The summed E-state index contributed by atoms with van der Waals surface area (Å²) in [6, 6.07) is 12.2. The third-order valence-corrected chi connectivity index (χ3v) is 4.76. The van der Waals surface area contributed by atoms with Crippen LogP contribution in [-0.4, -0.2) is 23.2 Å². The first-order valence-corrected chi connectivity index (χ1v) is 8.44. The van der Waals surface area contributed by atoms with Crippen molar-refractivity contribution in [2.24, 2.45) is 0 Å². The molecular formula is C17H14ClFN2OS. The van der Waals surface area contributed by atoms with Gasteiger partial charge in [0.05, 0.1) is 10.6 Å². The molecule has 2 N–H and O–H groups in total. The molecule has 0 aliphatic heterocycles. The predicted octanol–water partition coefficient (Wildman–Crippen LogP) is 4.48. The van der Waals surface area contributed by atoms with E-state index in [4.69, 9.17) is 11.6 Å². The highest BCUT2D eigenvalue weighted by molar-refractivity contribution is 7.99. The van der Waals surface area contributed by atoms with Crippen molar-refractivity contribution in [2.75, 3.05) is 12.3 Å². The van der Waals surface area contributed by atoms with E-state index in [1.54, 1.807) is 11.8 Å². The van der Waals surface area contributed by atoms with Crippen LogP contribution in [0.25, 0.3) is 10.9 Å². The first-order valence-electron chi connectivity index (χ1n) is 7.08. The molecule has 0 aliphatic carbocycles. The van der Waals surface area contributed by atoms with Crippen LogP contribution in [0.2, 0.25) is 5.02 Å². The highest BCUT2D eigenvalue weighted by Crippen LogP contribution is 2.27. The van der Waals surface area contributed by atoms with E-state index in [0.717, 1.165) is 15.8 Å². The third-order valence-electron chi connectivity index (χ3n) is 3.39. The van der Waals surface area contributed by atoms with Crippen LogP contribution in [0.4, 0.5) is 4.39 Å². The molecule has 0 spiro atoms. The number of fused-ring (bicyclic) bond motifs is 1. The molecule has 1 heterocycles. The molecular weight excluding hydrogens is 335 g/mol. The Balaban J connectivity index is 1.57. The third kappa shape index (κ3) is 3.51. The number of rotatable bonds is 5. The van der Waals surface area contributed by atoms with Gasteiger partial charge in [-0.2, -0.15) is 0 Å². The van der Waals surface area contributed by atoms with Gasteiger partial charge in [-0.1, -0.05) is 35.9 Å². The van der Waals surface area contributed by atoms with Gasteiger partial charge >= 0.3 is 0 Å². The predicted molar refractivity (Wildman–Crippen MR) is 92.8 cm³/mol. The molecule has 0 fully saturated rings. The van der Waals surface area contributed by atoms with Gasteiger partial charge in [0.15, 0.2) is 0 Å². The molecule has 1 amide bonds. The van der Waals surface area contributed by atoms with Gasteiger partial charge in [0.1, 0.15) is 5.82 Å². The van der Waals surface area contributed by atoms with Gasteiger partial charge in [-0.15, -0.1) is 11.8 Å². The maximum atomic E-state index is 13.7. The molecule has 23 heavy (non-hydrogen) atoms. The lowest BCUT2D eigenvalue weighted by Gasteiger charge is -2.07. The Hall–Kier alpha value is -1.98. The fourth-order valence-electron chi connectivity index (χ4n) is 2.29. The highest BCUT2D eigenvalue weighted by Gasteiger charge is 2.15. The fraction of sp³-hybridized carbons (Fsp3) is 0.118. The number of amides is 1. The fourth-order valence-corrected chi connectivity index (χ4v) is 3.44. The smallest absolute Gasteiger partial charge is 0.255 e. The molecule has 2 aromatic carbocycles. The summed E-state index contributed by atoms with van der Waals surface area (Å²) in [7, 11) is 0. The largest absolute Gasteiger partial charge is 0.360 e. The van der Waals surface area contributed by atoms with Gasteiger partial charge in [-0.25, -0.2) is 4.39 Å². The Morgan fingerprint density at radius 2 is 2.04 bits per heavy atom. The second-order valence-electron chi connectivity index (χ2n) is 4.90. The number of carbonyl (C=O) groups is 1. The highest BCUT2D eigenvalue weighted by atomic mass is 35.5. The summed E-state index contributed by atoms with van der Waals surface area (Å²) >= 11 is 7.50. The SMILES string of the molecule is O=C(NCCSc1c[nH]c2ccccc12)c1c(F)cccc1Cl. The molecule has 0 saturated heterocycles. The van der Waals surface area contributed by atoms with Crippen LogP contribution < -0.4 is 5.32 Å². The number of benzene rings is 2. The summed E-state index contributed by atoms with van der Waals surface area (Å²) < 4.78 is 13.7. The van der Waals surface area contributed by atoms with Crippen LogP contribution in [0.15, 0.2) is 53.6 Å². The van der Waals surface area contributed by atoms with E-state index in [1.807, 2.05) is 30.5 Å². The lowest BCUT2D eigenvalue weighted by Crippen LogP contribution is -2.26. The lowest BCUT2D eigenvalue weighted by atomic mass is 10.2. The second kappa shape index (κ2) is 7.06. The van der Waals surface area contributed by atoms with Crippen LogP contribution in [0.1, 0.15) is 10.4 Å². The molecule has 0 unspecified atom stereocenters. The minimum atomic E-state index is -0.612. The Kier molecular flexibility index (Phi) is 4.88. The van der Waals surface area contributed by atoms with Crippen LogP contribution >= 0.6 is 23.4 Å². The minimum Gasteiger partial charge on any atom is -0.360 e. The van der Waals surface area contributed by atoms with E-state index in [0.29, 0.717) is 12.3 Å². The van der Waals surface area contributed by atoms with Crippen molar-refractivity contribution in [1.82, 2.24) is 10.3 Å². The number of hydrogen-bond acceptors (Lipinski definition) is 2. The van der Waals surface area contributed by atoms with Gasteiger partial charge in [0.2, 0.25) is 0 Å². The quantitative estimate of drug-likeness (QED) is 0.527. The summed E-state index contributed by atoms with van der Waals surface area (Å²) in [6.07, 6.45) is 1.95. The van der Waals surface area contributed by atoms with Crippen molar-refractivity contribution in [3.8, 4) is 0 Å². The van der Waals surface area contributed by atoms with Crippen LogP contribution in [-0.2, 0) is 0 Å². The molecule has 3 rings (SSSR count). The number of aromatic amines is 1. The van der Waals surface area contributed by atoms with Crippen molar-refractivity contribution >= 4 is 40.2 Å². The number of carbonyl (C=O) groups excluding carboxylic acids is 1. The van der Waals surface area contributed by atoms with Gasteiger partial charge in [0, 0.05) is 34.3 Å². The topological polar surface area (TPSA) is 44.9 Å². The van der Waals surface area contributed by atoms with E-state index in [1.165, 1.54) is 18.2 Å². The maximum Gasteiger partial charge on any atom is 0.255 e. The van der Waals surface area contributed by atoms with Gasteiger partial charge in [0.25, 0.3) is 5.91 Å². The van der Waals surface area contributed by atoms with Crippen molar-refractivity contribution in [2.45, 2.75) is 4.90 Å². The van der Waals surface area contributed by atoms with Crippen molar-refractivity contribution in [1.29, 1.82) is 0 Å². The van der Waals surface area contributed by atoms with E-state index in [2.05, 4.69) is 10.3 Å². The molecule has 0 atom stereocenters. The zero-order valence-corrected chi connectivity index (χ0v) is 13.7. The monoisotopic (exact) mass is 348 g/mol. The lowest BCUT2D eigenvalue weighted by molar-refractivity contribution is 0.0952. The van der Waals surface area contributed by atoms with Crippen molar-refractivity contribution in [3.05, 3.63) is 65.1 Å². The zero-order valence-electron chi connectivity index (χ0n) is 12.1. The van der Waals surface area contributed by atoms with Gasteiger partial charge in [-0.3, -0.25) is 4.79 Å². The molecule has 3 aromatic rings. The van der Waals surface area contributed by atoms with Crippen molar-refractivity contribution in [3.63, 3.8) is 0 Å². The number of H-pyrrole nitrogens is 1. The van der Waals surface area contributed by atoms with E-state index < -0.39 is 11.7 Å². The Bertz CT molecular complexity index is 829. The van der Waals surface area contributed by atoms with Gasteiger partial charge < -0.3 is 10.3 Å². The number of nitrogens with one attached hydrogen (secondary N) is 2. The number of halogens is 2. The summed E-state index contributed by atoms with van der Waals surface area (Å²) in [5.74, 6) is -0.424. The van der Waals surface area contributed by atoms with Crippen LogP contribution in [0, 0.1) is 5.82 Å². The number of thioether (sulfide) groups is 1. The summed E-state index contributed by atoms with van der Waals surface area (Å²) in [5.41, 5.74) is 0.975. The normalized spacial score (nSPS) is 10.9. The molecule has 0 radical (unpaired) electrons. The summed E-state index contributed by atoms with van der Waals surface area (Å²) in [5, 5.41) is 3.97. The molecule has 0 saturated carbocycles. The minimum absolute atomic E-state index is 0.105. The second-order valence-corrected chi connectivity index (χ2v) is 6.44. The summed E-state index contributed by atoms with van der Waals surface area (Å²) in [6.45, 7) is 0.424. The number of hydrogen-bond donors (Lipinski definition) is 2. The average Bonchev–Trinajstić information content (AvgIpc) is 2.95. The first-order chi connectivity index (χ1) is 11.2. The maximum absolute atomic E-state index is 13.7. The zero-order chi connectivity index (χ0) is 16.2. The Labute approximate surface area is 142 Å². The van der Waals surface area contributed by atoms with Crippen molar-refractivity contribution < 1.29 is 9.18 Å². The van der Waals surface area contributed by atoms with Crippen LogP contribution in [0.5, 0.6) is 0 Å². The molecule has 3 nitrogen and oxygen atoms in total. The number of aromatic nitrogens is 1. The standard InChI is InChI=1S/C17H14ClFN2OS/c18-12-5-3-6-13(19)16(12)17(22)20-8-9-23-15-10-21-14-7-2-1-4-11(14)15/h1-7,10,21H,8-9H2,(H,20,22). The number of para-hydroxylation sites is 1. The van der Waals surface area contributed by atoms with E-state index >= 15 is 0 Å². The molecule has 0 bridgehead atoms. The first kappa shape index (κ1) is 15.9. The summed E-state index contributed by atoms with van der Waals surface area (Å²) in [4.78, 5) is 16.3. The molecule has 0 aliphatic rings. The Morgan fingerprint density at radius 1 is 1.22 bits per heavy atom. The average molecular weight is 349 g/mol. The van der Waals surface area contributed by atoms with Crippen LogP contribution in [0.3, 0.4) is 0 Å². The van der Waals surface area contributed by atoms with E-state index in [9.17, 15) is 9.18 Å². The molecule has 118 valence electrons. The Morgan fingerprint density at radius 3 is 2.87 bits per heavy atom. The molecule has 1 aromatic heterocycles. The van der Waals surface area contributed by atoms with E-state index in [-0.39, 0.29) is 10.6 Å².